The van der Waals surface area contributed by atoms with E-state index >= 15 is 0 Å². The van der Waals surface area contributed by atoms with Crippen LogP contribution >= 0.6 is 11.3 Å². The molecule has 12 aromatic carbocycles. The van der Waals surface area contributed by atoms with Crippen molar-refractivity contribution in [3.8, 4) is 56.7 Å². The number of benzene rings is 12. The van der Waals surface area contributed by atoms with Crippen LogP contribution in [-0.4, -0.2) is 43.4 Å². The summed E-state index contributed by atoms with van der Waals surface area (Å²) >= 11 is 1.81. The van der Waals surface area contributed by atoms with Crippen molar-refractivity contribution in [1.29, 1.82) is 0 Å². The Morgan fingerprint density at radius 2 is 0.894 bits per heavy atom. The minimum atomic E-state index is 0. The Kier molecular flexibility index (Phi) is 25.5. The van der Waals surface area contributed by atoms with Gasteiger partial charge >= 0.3 is 0 Å². The zero-order chi connectivity index (χ0) is 66.3. The van der Waals surface area contributed by atoms with Crippen LogP contribution in [0.1, 0.15) is 5.69 Å². The van der Waals surface area contributed by atoms with Gasteiger partial charge in [0.05, 0.1) is 39.4 Å². The summed E-state index contributed by atoms with van der Waals surface area (Å²) in [5, 5.41) is 8.59. The van der Waals surface area contributed by atoms with Gasteiger partial charge in [0.25, 0.3) is 0 Å². The molecule has 0 atom stereocenters. The number of para-hydroxylation sites is 8. The number of hydrogen-bond acceptors (Lipinski definition) is 7. The second kappa shape index (κ2) is 35.1. The number of thiophene rings is 1. The summed E-state index contributed by atoms with van der Waals surface area (Å²) in [5.74, 6) is 1.66. The Morgan fingerprint density at radius 1 is 0.337 bits per heavy atom. The third-order valence-electron chi connectivity index (χ3n) is 17.2. The molecule has 0 N–H and O–H groups in total. The van der Waals surface area contributed by atoms with E-state index in [4.69, 9.17) is 9.97 Å². The monoisotopic (exact) mass is 2250 g/mol. The van der Waals surface area contributed by atoms with Crippen LogP contribution in [-0.2, 0) is 101 Å². The maximum absolute atomic E-state index is 4.83. The Labute approximate surface area is 673 Å². The molecule has 0 unspecified atom stereocenters. The Hall–Kier alpha value is -9.77. The van der Waals surface area contributed by atoms with Gasteiger partial charge in [-0.15, -0.1) is 149 Å². The van der Waals surface area contributed by atoms with E-state index < -0.39 is 0 Å². The molecule has 0 bridgehead atoms. The van der Waals surface area contributed by atoms with Crippen molar-refractivity contribution >= 4 is 103 Å². The van der Waals surface area contributed by atoms with Gasteiger partial charge in [0, 0.05) is 152 Å². The van der Waals surface area contributed by atoms with E-state index in [1.165, 1.54) is 52.8 Å². The molecule has 0 saturated heterocycles. The fourth-order valence-electron chi connectivity index (χ4n) is 12.7. The Bertz CT molecular complexity index is 6200. The molecule has 8 heterocycles. The molecular formula is C89H58Ir5N9S-5. The molecule has 20 rings (SSSR count). The largest absolute Gasteiger partial charge is 0.351 e. The molecule has 515 valence electrons. The van der Waals surface area contributed by atoms with Gasteiger partial charge < -0.3 is 23.5 Å². The summed E-state index contributed by atoms with van der Waals surface area (Å²) in [7, 11) is 0. The second-order valence-electron chi connectivity index (χ2n) is 23.4. The number of aromatic nitrogens is 9. The van der Waals surface area contributed by atoms with E-state index in [1.54, 1.807) is 6.20 Å². The number of pyridine rings is 3. The van der Waals surface area contributed by atoms with Crippen molar-refractivity contribution in [2.24, 2.45) is 0 Å². The van der Waals surface area contributed by atoms with Crippen molar-refractivity contribution in [3.05, 3.63) is 370 Å². The van der Waals surface area contributed by atoms with Crippen LogP contribution < -0.4 is 0 Å². The quantitative estimate of drug-likeness (QED) is 0.122. The van der Waals surface area contributed by atoms with Crippen molar-refractivity contribution in [3.63, 3.8) is 0 Å². The molecule has 0 saturated carbocycles. The fraction of sp³-hybridized carbons (Fsp3) is 0.0112. The summed E-state index contributed by atoms with van der Waals surface area (Å²) < 4.78 is 9.30. The maximum Gasteiger partial charge on any atom is 0.0774 e. The number of nitrogens with zero attached hydrogens (tertiary/aromatic N) is 9. The SMILES string of the molecule is Cc1ccnc(-c2[c-]cccc2)n1.[Ir].[Ir].[Ir].[Ir].[Ir].[c-]1cc2c(cc1-c1ccccn1)c1ccccc1n2-c1ccccc1.[c-]1ccc2c(sc3ccccc32)c1-c1ccccn1.[c-]1cccc2c1c1nc3ccccc3n1c1ccccc21.[c-]1ccccc1-c1nc2ccccc2n1-c1ccccc1. The standard InChI is InChI=1S/C23H15N2.C19H11N2.C19H13N2.C17H10NS.C11H9N2.5Ir/c1-2-8-18(9-3-1)25-22-12-5-4-10-19(22)20-16-17(13-14-23(20)25)21-11-6-7-15-24-21;1-2-9-15-13(7-1)14-8-3-5-11-17(14)21-18-12-6-4-10-16(18)20-19(15)21;1-3-9-15(10-4-1)19-20-17-13-7-8-14-18(17)21(19)16-11-5-2-6-12-16;1-2-10-16-12(6-1)13-7-5-8-14(17(13)19-16)15-9-3-4-11-18-15;1-9-7-8-12-11(13-9)10-5-3-2-4-6-10;;;;;/h1-12,14-16H;1-8,10-12H;1-9,11-14H;1-7,9-11H;2-5,7-8H,1H3;;;;;/q5*-1;;;;;. The smallest absolute Gasteiger partial charge is 0.0774 e. The predicted octanol–water partition coefficient (Wildman–Crippen LogP) is 21.9. The van der Waals surface area contributed by atoms with Gasteiger partial charge in [-0.05, 0) is 130 Å². The number of imidazole rings is 2. The summed E-state index contributed by atoms with van der Waals surface area (Å²) in [5.41, 5.74) is 18.0. The van der Waals surface area contributed by atoms with Crippen LogP contribution in [0.3, 0.4) is 0 Å². The third-order valence-corrected chi connectivity index (χ3v) is 18.4. The number of fused-ring (bicyclic) bond motifs is 15. The first-order valence-corrected chi connectivity index (χ1v) is 33.4. The van der Waals surface area contributed by atoms with Gasteiger partial charge in [-0.1, -0.05) is 156 Å². The molecule has 0 spiro atoms. The van der Waals surface area contributed by atoms with E-state index in [9.17, 15) is 0 Å². The zero-order valence-corrected chi connectivity index (χ0v) is 68.1. The van der Waals surface area contributed by atoms with Gasteiger partial charge in [0.15, 0.2) is 0 Å². The molecule has 0 aliphatic carbocycles. The summed E-state index contributed by atoms with van der Waals surface area (Å²) in [6.07, 6.45) is 5.41. The number of rotatable bonds is 6. The first kappa shape index (κ1) is 75.4. The Balaban J connectivity index is 0.000000130. The molecule has 0 aliphatic rings. The summed E-state index contributed by atoms with van der Waals surface area (Å²) in [6.45, 7) is 1.95. The molecule has 9 nitrogen and oxygen atoms in total. The molecule has 0 fully saturated rings. The molecule has 8 aromatic heterocycles. The van der Waals surface area contributed by atoms with Gasteiger partial charge in [0.2, 0.25) is 0 Å². The molecule has 0 aliphatic heterocycles. The van der Waals surface area contributed by atoms with E-state index in [-0.39, 0.29) is 101 Å². The normalized spacial score (nSPS) is 10.5. The molecule has 0 amide bonds. The fourth-order valence-corrected chi connectivity index (χ4v) is 13.9. The summed E-state index contributed by atoms with van der Waals surface area (Å²) in [4.78, 5) is 27.0. The minimum absolute atomic E-state index is 0. The zero-order valence-electron chi connectivity index (χ0n) is 55.4. The van der Waals surface area contributed by atoms with Gasteiger partial charge in [-0.25, -0.2) is 0 Å². The van der Waals surface area contributed by atoms with Crippen molar-refractivity contribution < 1.29 is 101 Å². The second-order valence-corrected chi connectivity index (χ2v) is 24.4. The molecule has 104 heavy (non-hydrogen) atoms. The van der Waals surface area contributed by atoms with Gasteiger partial charge in [-0.2, -0.15) is 11.3 Å². The van der Waals surface area contributed by atoms with Crippen LogP contribution in [0.4, 0.5) is 0 Å². The first-order chi connectivity index (χ1) is 49.1. The van der Waals surface area contributed by atoms with E-state index in [0.717, 1.165) is 101 Å². The van der Waals surface area contributed by atoms with Crippen LogP contribution in [0.2, 0.25) is 0 Å². The van der Waals surface area contributed by atoms with Crippen molar-refractivity contribution in [2.75, 3.05) is 0 Å². The van der Waals surface area contributed by atoms with Crippen molar-refractivity contribution in [2.45, 2.75) is 6.92 Å². The van der Waals surface area contributed by atoms with E-state index in [1.807, 2.05) is 188 Å². The van der Waals surface area contributed by atoms with E-state index in [2.05, 4.69) is 222 Å². The number of aryl methyl sites for hydroxylation is 1. The molecule has 15 heteroatoms. The average Bonchev–Trinajstić information content (AvgIpc) is 1.58. The minimum Gasteiger partial charge on any atom is -0.351 e. The van der Waals surface area contributed by atoms with E-state index in [0.29, 0.717) is 0 Å². The topological polar surface area (TPSA) is 91.6 Å². The number of hydrogen-bond donors (Lipinski definition) is 0. The summed E-state index contributed by atoms with van der Waals surface area (Å²) in [6, 6.07) is 123. The van der Waals surface area contributed by atoms with Crippen LogP contribution in [0.25, 0.3) is 148 Å². The van der Waals surface area contributed by atoms with Gasteiger partial charge in [-0.3, -0.25) is 19.9 Å². The third kappa shape index (κ3) is 15.7. The van der Waals surface area contributed by atoms with Gasteiger partial charge in [0.1, 0.15) is 0 Å². The molecule has 5 radical (unpaired) electrons. The van der Waals surface area contributed by atoms with Crippen molar-refractivity contribution in [1.82, 2.24) is 43.4 Å². The maximum atomic E-state index is 4.83. The molecular weight excluding hydrogens is 2190 g/mol. The van der Waals surface area contributed by atoms with Crippen LogP contribution in [0.15, 0.2) is 334 Å². The predicted molar refractivity (Wildman–Crippen MR) is 407 cm³/mol. The first-order valence-electron chi connectivity index (χ1n) is 32.6. The van der Waals surface area contributed by atoms with Crippen LogP contribution in [0.5, 0.6) is 0 Å². The molecule has 20 aromatic rings. The van der Waals surface area contributed by atoms with Crippen LogP contribution in [0, 0.1) is 37.3 Å². The Morgan fingerprint density at radius 3 is 1.57 bits per heavy atom. The average molecular weight is 2250 g/mol.